The first-order valence-corrected chi connectivity index (χ1v) is 9.49. The fraction of sp³-hybridized carbons (Fsp3) is 0.278. The largest absolute Gasteiger partial charge is 0.464 e. The molecule has 25 heavy (non-hydrogen) atoms. The molecule has 0 saturated carbocycles. The lowest BCUT2D eigenvalue weighted by Gasteiger charge is -2.24. The Bertz CT molecular complexity index is 871. The third-order valence-corrected chi connectivity index (χ3v) is 4.78. The van der Waals surface area contributed by atoms with Gasteiger partial charge in [-0.15, -0.1) is 0 Å². The predicted molar refractivity (Wildman–Crippen MR) is 98.0 cm³/mol. The Morgan fingerprint density at radius 2 is 2.12 bits per heavy atom. The SMILES string of the molecule is C=CN(CCCC)c1cc(C(C)=O)cc(S(N)(=O)=O)c1-c1ccco1. The van der Waals surface area contributed by atoms with Gasteiger partial charge in [0.05, 0.1) is 22.4 Å². The van der Waals surface area contributed by atoms with Crippen molar-refractivity contribution in [3.63, 3.8) is 0 Å². The Hall–Kier alpha value is -2.38. The average molecular weight is 362 g/mol. The minimum absolute atomic E-state index is 0.145. The molecule has 0 radical (unpaired) electrons. The van der Waals surface area contributed by atoms with Crippen molar-refractivity contribution in [2.24, 2.45) is 5.14 Å². The van der Waals surface area contributed by atoms with Crippen LogP contribution in [0.2, 0.25) is 0 Å². The highest BCUT2D eigenvalue weighted by atomic mass is 32.2. The Morgan fingerprint density at radius 3 is 2.60 bits per heavy atom. The molecule has 6 nitrogen and oxygen atoms in total. The molecule has 2 aromatic rings. The number of rotatable bonds is 8. The van der Waals surface area contributed by atoms with Crippen LogP contribution in [0, 0.1) is 0 Å². The molecule has 0 atom stereocenters. The van der Waals surface area contributed by atoms with Crippen molar-refractivity contribution in [1.29, 1.82) is 0 Å². The summed E-state index contributed by atoms with van der Waals surface area (Å²) in [5.74, 6) is 0.106. The zero-order valence-corrected chi connectivity index (χ0v) is 15.2. The number of furan rings is 1. The zero-order valence-electron chi connectivity index (χ0n) is 14.4. The van der Waals surface area contributed by atoms with Crippen LogP contribution in [0.4, 0.5) is 5.69 Å². The van der Waals surface area contributed by atoms with Crippen molar-refractivity contribution in [2.75, 3.05) is 11.4 Å². The van der Waals surface area contributed by atoms with Crippen LogP contribution in [0.25, 0.3) is 11.3 Å². The van der Waals surface area contributed by atoms with Crippen LogP contribution in [0.1, 0.15) is 37.0 Å². The Balaban J connectivity index is 2.84. The minimum atomic E-state index is -4.07. The maximum absolute atomic E-state index is 12.2. The molecule has 7 heteroatoms. The molecule has 0 fully saturated rings. The summed E-state index contributed by atoms with van der Waals surface area (Å²) in [6.07, 6.45) is 4.89. The van der Waals surface area contributed by atoms with Crippen molar-refractivity contribution >= 4 is 21.5 Å². The van der Waals surface area contributed by atoms with Crippen LogP contribution in [-0.2, 0) is 10.0 Å². The average Bonchev–Trinajstić information content (AvgIpc) is 3.08. The molecular formula is C18H22N2O4S. The summed E-state index contributed by atoms with van der Waals surface area (Å²) in [6, 6.07) is 6.25. The number of sulfonamides is 1. The molecule has 1 aromatic carbocycles. The van der Waals surface area contributed by atoms with Gasteiger partial charge in [0, 0.05) is 12.1 Å². The van der Waals surface area contributed by atoms with Crippen LogP contribution in [0.5, 0.6) is 0 Å². The topological polar surface area (TPSA) is 93.6 Å². The number of unbranched alkanes of at least 4 members (excludes halogenated alkanes) is 1. The van der Waals surface area contributed by atoms with Gasteiger partial charge in [-0.05, 0) is 43.8 Å². The number of nitrogens with two attached hydrogens (primary N) is 1. The molecule has 0 unspecified atom stereocenters. The molecule has 2 rings (SSSR count). The van der Waals surface area contributed by atoms with E-state index < -0.39 is 10.0 Å². The van der Waals surface area contributed by atoms with E-state index >= 15 is 0 Å². The monoisotopic (exact) mass is 362 g/mol. The summed E-state index contributed by atoms with van der Waals surface area (Å²) in [6.45, 7) is 7.86. The van der Waals surface area contributed by atoms with E-state index in [1.807, 2.05) is 4.90 Å². The van der Waals surface area contributed by atoms with Gasteiger partial charge in [-0.3, -0.25) is 4.79 Å². The third-order valence-electron chi connectivity index (χ3n) is 3.84. The number of carbonyl (C=O) groups excluding carboxylic acids is 1. The Labute approximate surface area is 148 Å². The third kappa shape index (κ3) is 4.18. The van der Waals surface area contributed by atoms with Crippen LogP contribution >= 0.6 is 0 Å². The van der Waals surface area contributed by atoms with Gasteiger partial charge in [0.1, 0.15) is 5.76 Å². The molecule has 0 saturated heterocycles. The molecular weight excluding hydrogens is 340 g/mol. The second-order valence-electron chi connectivity index (χ2n) is 5.68. The number of Topliss-reactive ketones (excluding diaryl/α,β-unsaturated/α-hetero) is 1. The van der Waals surface area contributed by atoms with E-state index in [0.717, 1.165) is 12.8 Å². The molecule has 0 bridgehead atoms. The first-order valence-electron chi connectivity index (χ1n) is 7.94. The smallest absolute Gasteiger partial charge is 0.238 e. The van der Waals surface area contributed by atoms with Crippen molar-refractivity contribution < 1.29 is 17.6 Å². The maximum Gasteiger partial charge on any atom is 0.238 e. The van der Waals surface area contributed by atoms with E-state index in [1.54, 1.807) is 24.4 Å². The van der Waals surface area contributed by atoms with Gasteiger partial charge in [-0.25, -0.2) is 13.6 Å². The number of hydrogen-bond donors (Lipinski definition) is 1. The van der Waals surface area contributed by atoms with Crippen molar-refractivity contribution in [3.05, 3.63) is 48.9 Å². The molecule has 0 aliphatic rings. The molecule has 2 N–H and O–H groups in total. The number of carbonyl (C=O) groups is 1. The van der Waals surface area contributed by atoms with Crippen molar-refractivity contribution in [1.82, 2.24) is 0 Å². The lowest BCUT2D eigenvalue weighted by Crippen LogP contribution is -2.21. The zero-order chi connectivity index (χ0) is 18.6. The first-order chi connectivity index (χ1) is 11.8. The van der Waals surface area contributed by atoms with Crippen LogP contribution in [-0.4, -0.2) is 20.7 Å². The number of nitrogens with zero attached hydrogens (tertiary/aromatic N) is 1. The van der Waals surface area contributed by atoms with Gasteiger partial charge >= 0.3 is 0 Å². The van der Waals surface area contributed by atoms with E-state index in [9.17, 15) is 13.2 Å². The van der Waals surface area contributed by atoms with E-state index in [1.165, 1.54) is 19.3 Å². The van der Waals surface area contributed by atoms with Crippen molar-refractivity contribution in [2.45, 2.75) is 31.6 Å². The van der Waals surface area contributed by atoms with Gasteiger partial charge in [-0.1, -0.05) is 19.9 Å². The number of primary sulfonamides is 1. The van der Waals surface area contributed by atoms with Crippen LogP contribution in [0.15, 0.2) is 52.6 Å². The molecule has 0 amide bonds. The van der Waals surface area contributed by atoms with E-state index in [4.69, 9.17) is 9.56 Å². The predicted octanol–water partition coefficient (Wildman–Crippen LogP) is 3.55. The Kier molecular flexibility index (Phi) is 5.81. The standard InChI is InChI=1S/C18H22N2O4S/c1-4-6-9-20(5-2)15-11-14(13(3)21)12-17(25(19,22)23)18(15)16-8-7-10-24-16/h5,7-8,10-12H,2,4,6,9H2,1,3H3,(H2,19,22,23). The summed E-state index contributed by atoms with van der Waals surface area (Å²) in [4.78, 5) is 13.6. The molecule has 134 valence electrons. The highest BCUT2D eigenvalue weighted by molar-refractivity contribution is 7.89. The highest BCUT2D eigenvalue weighted by Crippen LogP contribution is 2.38. The lowest BCUT2D eigenvalue weighted by molar-refractivity contribution is 0.101. The van der Waals surface area contributed by atoms with Gasteiger partial charge in [0.2, 0.25) is 10.0 Å². The minimum Gasteiger partial charge on any atom is -0.464 e. The molecule has 1 aromatic heterocycles. The summed E-state index contributed by atoms with van der Waals surface area (Å²) in [5, 5.41) is 5.42. The van der Waals surface area contributed by atoms with Crippen molar-refractivity contribution in [3.8, 4) is 11.3 Å². The summed E-state index contributed by atoms with van der Waals surface area (Å²) in [7, 11) is -4.07. The Morgan fingerprint density at radius 1 is 1.40 bits per heavy atom. The van der Waals surface area contributed by atoms with Gasteiger partial charge in [0.25, 0.3) is 0 Å². The van der Waals surface area contributed by atoms with E-state index in [-0.39, 0.29) is 16.2 Å². The van der Waals surface area contributed by atoms with E-state index in [0.29, 0.717) is 23.6 Å². The number of benzene rings is 1. The second-order valence-corrected chi connectivity index (χ2v) is 7.21. The molecule has 1 heterocycles. The van der Waals surface area contributed by atoms with Gasteiger partial charge < -0.3 is 9.32 Å². The number of ketones is 1. The fourth-order valence-corrected chi connectivity index (χ4v) is 3.34. The summed E-state index contributed by atoms with van der Waals surface area (Å²) in [5.41, 5.74) is 1.11. The first kappa shape index (κ1) is 19.0. The lowest BCUT2D eigenvalue weighted by atomic mass is 10.0. The molecule has 0 spiro atoms. The van der Waals surface area contributed by atoms with Crippen LogP contribution < -0.4 is 10.0 Å². The maximum atomic E-state index is 12.2. The van der Waals surface area contributed by atoms with Gasteiger partial charge in [0.15, 0.2) is 5.78 Å². The van der Waals surface area contributed by atoms with Gasteiger partial charge in [-0.2, -0.15) is 0 Å². The summed E-state index contributed by atoms with van der Waals surface area (Å²) < 4.78 is 29.8. The van der Waals surface area contributed by atoms with E-state index in [2.05, 4.69) is 13.5 Å². The number of anilines is 1. The molecule has 0 aliphatic heterocycles. The van der Waals surface area contributed by atoms with Crippen LogP contribution in [0.3, 0.4) is 0 Å². The fourth-order valence-electron chi connectivity index (χ4n) is 2.56. The molecule has 0 aliphatic carbocycles. The highest BCUT2D eigenvalue weighted by Gasteiger charge is 2.25. The number of hydrogen-bond acceptors (Lipinski definition) is 5. The quantitative estimate of drug-likeness (QED) is 0.725. The second kappa shape index (κ2) is 7.67. The summed E-state index contributed by atoms with van der Waals surface area (Å²) >= 11 is 0. The normalized spacial score (nSPS) is 11.3.